The van der Waals surface area contributed by atoms with Gasteiger partial charge in [-0.25, -0.2) is 9.97 Å². The fraction of sp³-hybridized carbons (Fsp3) is 0.200. The number of rotatable bonds is 12. The van der Waals surface area contributed by atoms with Crippen LogP contribution in [0.5, 0.6) is 6.01 Å². The van der Waals surface area contributed by atoms with Gasteiger partial charge >= 0.3 is 6.01 Å². The van der Waals surface area contributed by atoms with Gasteiger partial charge in [0.1, 0.15) is 12.4 Å². The molecule has 0 saturated heterocycles. The molecule has 3 heterocycles. The van der Waals surface area contributed by atoms with Crippen molar-refractivity contribution >= 4 is 11.5 Å². The minimum atomic E-state index is 0.278. The summed E-state index contributed by atoms with van der Waals surface area (Å²) in [6.45, 7) is 5.37. The van der Waals surface area contributed by atoms with Gasteiger partial charge in [-0.2, -0.15) is 5.10 Å². The number of hydrogen-bond donors (Lipinski definition) is 2. The lowest BCUT2D eigenvalue weighted by Gasteiger charge is -2.10. The van der Waals surface area contributed by atoms with Gasteiger partial charge in [-0.3, -0.25) is 15.0 Å². The summed E-state index contributed by atoms with van der Waals surface area (Å²) in [6.07, 6.45) is 13.9. The Balaban J connectivity index is 1.71. The molecular formula is C25H28N8O2. The van der Waals surface area contributed by atoms with E-state index in [0.29, 0.717) is 42.5 Å². The van der Waals surface area contributed by atoms with Crippen molar-refractivity contribution in [2.24, 2.45) is 10.1 Å². The van der Waals surface area contributed by atoms with Gasteiger partial charge in [0, 0.05) is 55.6 Å². The summed E-state index contributed by atoms with van der Waals surface area (Å²) >= 11 is 0. The van der Waals surface area contributed by atoms with Crippen molar-refractivity contribution in [2.45, 2.75) is 13.1 Å². The highest BCUT2D eigenvalue weighted by Crippen LogP contribution is 2.06. The Morgan fingerprint density at radius 2 is 1.71 bits per heavy atom. The van der Waals surface area contributed by atoms with Crippen molar-refractivity contribution in [3.05, 3.63) is 103 Å². The Bertz CT molecular complexity index is 1150. The third-order valence-electron chi connectivity index (χ3n) is 4.52. The van der Waals surface area contributed by atoms with Crippen LogP contribution in [0.4, 0.5) is 0 Å². The van der Waals surface area contributed by atoms with E-state index in [-0.39, 0.29) is 6.01 Å². The summed E-state index contributed by atoms with van der Waals surface area (Å²) in [7, 11) is 3.13. The number of hydrazone groups is 1. The molecule has 0 radical (unpaired) electrons. The van der Waals surface area contributed by atoms with Crippen LogP contribution in [0.1, 0.15) is 16.7 Å². The molecule has 0 aliphatic heterocycles. The first-order valence-corrected chi connectivity index (χ1v) is 10.8. The maximum atomic E-state index is 5.26. The summed E-state index contributed by atoms with van der Waals surface area (Å²) in [6, 6.07) is 7.97. The minimum absolute atomic E-state index is 0.278. The molecule has 0 atom stereocenters. The second-order valence-corrected chi connectivity index (χ2v) is 7.19. The normalized spacial score (nSPS) is 11.9. The van der Waals surface area contributed by atoms with Crippen molar-refractivity contribution in [2.75, 3.05) is 20.8 Å². The minimum Gasteiger partial charge on any atom is -0.467 e. The molecule has 0 spiro atoms. The monoisotopic (exact) mass is 472 g/mol. The Morgan fingerprint density at radius 3 is 2.34 bits per heavy atom. The standard InChI is InChI=1S/C25H28N8O2/c1-19(32-24(18-34-2)28-14-20-6-4-10-26-12-20)8-9-23(22-16-29-25(35-3)30-17-22)33-31-15-21-7-5-11-27-13-21/h4-13,16-17,31H,1,14-15,18H2,2-3H3,(H,28,32)/b9-8-,33-23+. The van der Waals surface area contributed by atoms with E-state index in [4.69, 9.17) is 9.47 Å². The number of methoxy groups -OCH3 is 2. The number of nitrogens with one attached hydrogen (secondary N) is 2. The van der Waals surface area contributed by atoms with Gasteiger partial charge in [-0.05, 0) is 35.4 Å². The summed E-state index contributed by atoms with van der Waals surface area (Å²) in [4.78, 5) is 21.1. The molecule has 0 bridgehead atoms. The predicted molar refractivity (Wildman–Crippen MR) is 135 cm³/mol. The van der Waals surface area contributed by atoms with Crippen LogP contribution in [0.2, 0.25) is 0 Å². The van der Waals surface area contributed by atoms with Crippen LogP contribution in [0.25, 0.3) is 0 Å². The van der Waals surface area contributed by atoms with Crippen molar-refractivity contribution in [3.63, 3.8) is 0 Å². The molecule has 0 aromatic carbocycles. The first-order chi connectivity index (χ1) is 17.2. The van der Waals surface area contributed by atoms with Crippen LogP contribution in [0, 0.1) is 0 Å². The SMILES string of the molecule is C=C(/C=C\C(=N/NCc1cccnc1)c1cnc(OC)nc1)NC(COC)=NCc1cccnc1. The maximum Gasteiger partial charge on any atom is 0.316 e. The first kappa shape index (κ1) is 25.2. The summed E-state index contributed by atoms with van der Waals surface area (Å²) in [5.74, 6) is 0.645. The highest BCUT2D eigenvalue weighted by molar-refractivity contribution is 6.08. The van der Waals surface area contributed by atoms with Gasteiger partial charge in [0.2, 0.25) is 0 Å². The molecule has 10 heteroatoms. The zero-order chi connectivity index (χ0) is 24.7. The summed E-state index contributed by atoms with van der Waals surface area (Å²) in [5, 5.41) is 7.69. The lowest BCUT2D eigenvalue weighted by molar-refractivity contribution is 0.243. The lowest BCUT2D eigenvalue weighted by Crippen LogP contribution is -2.26. The van der Waals surface area contributed by atoms with Crippen LogP contribution in [0.3, 0.4) is 0 Å². The molecule has 2 N–H and O–H groups in total. The van der Waals surface area contributed by atoms with E-state index in [9.17, 15) is 0 Å². The van der Waals surface area contributed by atoms with Crippen molar-refractivity contribution in [1.82, 2.24) is 30.7 Å². The van der Waals surface area contributed by atoms with Gasteiger partial charge in [0.25, 0.3) is 0 Å². The topological polar surface area (TPSA) is 119 Å². The Kier molecular flexibility index (Phi) is 10.0. The molecule has 0 aliphatic carbocycles. The van der Waals surface area contributed by atoms with Crippen LogP contribution < -0.4 is 15.5 Å². The molecule has 0 saturated carbocycles. The first-order valence-electron chi connectivity index (χ1n) is 10.8. The quantitative estimate of drug-likeness (QED) is 0.179. The molecule has 3 aromatic rings. The summed E-state index contributed by atoms with van der Waals surface area (Å²) in [5.41, 5.74) is 6.99. The van der Waals surface area contributed by atoms with Crippen LogP contribution in [-0.4, -0.2) is 52.3 Å². The third kappa shape index (κ3) is 8.78. The molecule has 180 valence electrons. The molecule has 0 unspecified atom stereocenters. The Labute approximate surface area is 204 Å². The number of nitrogens with zero attached hydrogens (tertiary/aromatic N) is 6. The van der Waals surface area contributed by atoms with Gasteiger partial charge in [-0.1, -0.05) is 18.7 Å². The second-order valence-electron chi connectivity index (χ2n) is 7.19. The zero-order valence-corrected chi connectivity index (χ0v) is 19.8. The molecular weight excluding hydrogens is 444 g/mol. The van der Waals surface area contributed by atoms with Crippen LogP contribution in [0.15, 0.2) is 96.0 Å². The number of aromatic nitrogens is 4. The number of amidine groups is 1. The molecule has 0 amide bonds. The zero-order valence-electron chi connectivity index (χ0n) is 19.8. The number of ether oxygens (including phenoxy) is 2. The number of allylic oxidation sites excluding steroid dienone is 2. The predicted octanol–water partition coefficient (Wildman–Crippen LogP) is 2.67. The van der Waals surface area contributed by atoms with Crippen molar-refractivity contribution in [1.29, 1.82) is 0 Å². The largest absolute Gasteiger partial charge is 0.467 e. The van der Waals surface area contributed by atoms with E-state index < -0.39 is 0 Å². The highest BCUT2D eigenvalue weighted by atomic mass is 16.5. The number of pyridine rings is 2. The Hall–Kier alpha value is -4.44. The smallest absolute Gasteiger partial charge is 0.316 e. The highest BCUT2D eigenvalue weighted by Gasteiger charge is 2.05. The second kappa shape index (κ2) is 14.0. The van der Waals surface area contributed by atoms with E-state index in [0.717, 1.165) is 11.1 Å². The van der Waals surface area contributed by atoms with Gasteiger partial charge < -0.3 is 20.2 Å². The summed E-state index contributed by atoms with van der Waals surface area (Å²) < 4.78 is 10.3. The fourth-order valence-electron chi connectivity index (χ4n) is 2.81. The van der Waals surface area contributed by atoms with Crippen LogP contribution in [-0.2, 0) is 17.8 Å². The fourth-order valence-corrected chi connectivity index (χ4v) is 2.81. The van der Waals surface area contributed by atoms with E-state index >= 15 is 0 Å². The van der Waals surface area contributed by atoms with Gasteiger partial charge in [-0.15, -0.1) is 0 Å². The molecule has 3 rings (SSSR count). The molecule has 0 fully saturated rings. The van der Waals surface area contributed by atoms with Gasteiger partial charge in [0.15, 0.2) is 0 Å². The van der Waals surface area contributed by atoms with E-state index in [2.05, 4.69) is 47.4 Å². The van der Waals surface area contributed by atoms with E-state index in [1.807, 2.05) is 30.3 Å². The van der Waals surface area contributed by atoms with Crippen LogP contribution >= 0.6 is 0 Å². The van der Waals surface area contributed by atoms with E-state index in [1.165, 1.54) is 7.11 Å². The average molecular weight is 473 g/mol. The average Bonchev–Trinajstić information content (AvgIpc) is 2.90. The lowest BCUT2D eigenvalue weighted by atomic mass is 10.2. The number of hydrogen-bond acceptors (Lipinski definition) is 9. The van der Waals surface area contributed by atoms with Gasteiger partial charge in [0.05, 0.1) is 25.9 Å². The molecule has 0 aliphatic rings. The van der Waals surface area contributed by atoms with Crippen molar-refractivity contribution in [3.8, 4) is 6.01 Å². The maximum absolute atomic E-state index is 5.26. The molecule has 3 aromatic heterocycles. The third-order valence-corrected chi connectivity index (χ3v) is 4.52. The molecule has 35 heavy (non-hydrogen) atoms. The van der Waals surface area contributed by atoms with Crippen molar-refractivity contribution < 1.29 is 9.47 Å². The number of aliphatic imine (C=N–C) groups is 1. The Morgan fingerprint density at radius 1 is 1.00 bits per heavy atom. The molecule has 10 nitrogen and oxygen atoms in total. The van der Waals surface area contributed by atoms with E-state index in [1.54, 1.807) is 50.4 Å².